The Morgan fingerprint density at radius 1 is 0.339 bits per heavy atom. The molecule has 10 aromatic carbocycles. The van der Waals surface area contributed by atoms with Crippen LogP contribution in [0.2, 0.25) is 0 Å². The van der Waals surface area contributed by atoms with Crippen LogP contribution in [0.5, 0.6) is 0 Å². The molecule has 0 atom stereocenters. The summed E-state index contributed by atoms with van der Waals surface area (Å²) in [7, 11) is 0. The maximum absolute atomic E-state index is 6.81. The molecule has 0 radical (unpaired) electrons. The van der Waals surface area contributed by atoms with Crippen molar-refractivity contribution in [3.8, 4) is 51.0 Å². The molecule has 3 aromatic heterocycles. The van der Waals surface area contributed by atoms with Gasteiger partial charge in [0.25, 0.3) is 0 Å². The molecular weight excluding hydrogens is 757 g/mol. The van der Waals surface area contributed by atoms with Crippen molar-refractivity contribution in [1.82, 2.24) is 19.5 Å². The second-order valence-corrected chi connectivity index (χ2v) is 15.9. The molecule has 0 N–H and O–H groups in total. The minimum Gasteiger partial charge on any atom is -0.455 e. The average molecular weight is 791 g/mol. The highest BCUT2D eigenvalue weighted by Gasteiger charge is 2.23. The summed E-state index contributed by atoms with van der Waals surface area (Å²) in [5, 5.41) is 11.7. The molecule has 0 aliphatic heterocycles. The number of nitrogens with zero attached hydrogens (tertiary/aromatic N) is 4. The first-order valence-corrected chi connectivity index (χ1v) is 20.9. The van der Waals surface area contributed by atoms with Gasteiger partial charge in [-0.1, -0.05) is 170 Å². The van der Waals surface area contributed by atoms with Crippen LogP contribution < -0.4 is 0 Å². The molecular formula is C57H34N4O. The highest BCUT2D eigenvalue weighted by molar-refractivity contribution is 6.27. The fraction of sp³-hybridized carbons (Fsp3) is 0. The predicted octanol–water partition coefficient (Wildman–Crippen LogP) is 15.0. The summed E-state index contributed by atoms with van der Waals surface area (Å²) >= 11 is 0. The lowest BCUT2D eigenvalue weighted by atomic mass is 9.93. The number of benzene rings is 10. The van der Waals surface area contributed by atoms with E-state index in [-0.39, 0.29) is 0 Å². The molecule has 0 amide bonds. The van der Waals surface area contributed by atoms with E-state index in [1.165, 1.54) is 26.9 Å². The molecule has 0 saturated heterocycles. The average Bonchev–Trinajstić information content (AvgIpc) is 3.90. The van der Waals surface area contributed by atoms with Gasteiger partial charge in [-0.15, -0.1) is 0 Å². The quantitative estimate of drug-likeness (QED) is 0.163. The van der Waals surface area contributed by atoms with Crippen LogP contribution in [0.15, 0.2) is 211 Å². The van der Waals surface area contributed by atoms with Gasteiger partial charge in [0.05, 0.1) is 22.1 Å². The Balaban J connectivity index is 1.08. The predicted molar refractivity (Wildman–Crippen MR) is 256 cm³/mol. The fourth-order valence-corrected chi connectivity index (χ4v) is 9.68. The number of hydrogen-bond acceptors (Lipinski definition) is 4. The molecule has 0 saturated carbocycles. The van der Waals surface area contributed by atoms with E-state index in [4.69, 9.17) is 19.4 Å². The van der Waals surface area contributed by atoms with Crippen LogP contribution in [-0.4, -0.2) is 19.5 Å². The van der Waals surface area contributed by atoms with Gasteiger partial charge < -0.3 is 8.98 Å². The second kappa shape index (κ2) is 13.6. The van der Waals surface area contributed by atoms with Crippen LogP contribution in [0.25, 0.3) is 127 Å². The lowest BCUT2D eigenvalue weighted by molar-refractivity contribution is 0.670. The van der Waals surface area contributed by atoms with Crippen molar-refractivity contribution in [2.75, 3.05) is 0 Å². The normalized spacial score (nSPS) is 11.9. The molecule has 288 valence electrons. The molecule has 0 bridgehead atoms. The molecule has 0 unspecified atom stereocenters. The van der Waals surface area contributed by atoms with Crippen LogP contribution >= 0.6 is 0 Å². The highest BCUT2D eigenvalue weighted by atomic mass is 16.3. The fourth-order valence-electron chi connectivity index (χ4n) is 9.68. The van der Waals surface area contributed by atoms with E-state index in [2.05, 4.69) is 187 Å². The third kappa shape index (κ3) is 5.18. The summed E-state index contributed by atoms with van der Waals surface area (Å²) < 4.78 is 9.19. The summed E-state index contributed by atoms with van der Waals surface area (Å²) in [6.07, 6.45) is 0. The van der Waals surface area contributed by atoms with E-state index in [1.54, 1.807) is 0 Å². The van der Waals surface area contributed by atoms with Crippen LogP contribution in [0.4, 0.5) is 0 Å². The van der Waals surface area contributed by atoms with Gasteiger partial charge in [0, 0.05) is 38.4 Å². The largest absolute Gasteiger partial charge is 0.455 e. The van der Waals surface area contributed by atoms with E-state index in [9.17, 15) is 0 Å². The Bertz CT molecular complexity index is 3890. The van der Waals surface area contributed by atoms with Crippen LogP contribution in [-0.2, 0) is 0 Å². The van der Waals surface area contributed by atoms with Crippen molar-refractivity contribution in [1.29, 1.82) is 0 Å². The molecule has 0 aliphatic carbocycles. The minimum absolute atomic E-state index is 0.592. The summed E-state index contributed by atoms with van der Waals surface area (Å²) in [5.74, 6) is 1.82. The standard InChI is InChI=1S/C57H34N4O/c1-3-16-35(17-4-1)38-26-15-27-47-52-51(62-54(38)47)33-32-45-44-24-11-13-28-49(44)61(53(45)52)50-29-14-12-25-46(50)57-59-55(36-18-5-2-6-19-36)58-56(60-57)37-30-31-43-41-22-8-7-20-39(41)40-21-9-10-23-42(40)48(43)34-37/h1-34H. The molecule has 0 spiro atoms. The van der Waals surface area contributed by atoms with Crippen molar-refractivity contribution >= 4 is 76.1 Å². The molecule has 0 aliphatic rings. The minimum atomic E-state index is 0.592. The van der Waals surface area contributed by atoms with Gasteiger partial charge in [0.1, 0.15) is 11.2 Å². The first kappa shape index (κ1) is 34.5. The summed E-state index contributed by atoms with van der Waals surface area (Å²) in [6, 6.07) is 72.5. The van der Waals surface area contributed by atoms with Crippen LogP contribution in [0, 0.1) is 0 Å². The maximum atomic E-state index is 6.81. The van der Waals surface area contributed by atoms with Gasteiger partial charge >= 0.3 is 0 Å². The van der Waals surface area contributed by atoms with Gasteiger partial charge in [-0.05, 0) is 74.3 Å². The molecule has 5 heteroatoms. The number of fused-ring (bicyclic) bond motifs is 13. The molecule has 5 nitrogen and oxygen atoms in total. The zero-order chi connectivity index (χ0) is 40.7. The topological polar surface area (TPSA) is 56.7 Å². The zero-order valence-electron chi connectivity index (χ0n) is 33.3. The second-order valence-electron chi connectivity index (χ2n) is 15.9. The monoisotopic (exact) mass is 790 g/mol. The number of para-hydroxylation sites is 3. The highest BCUT2D eigenvalue weighted by Crippen LogP contribution is 2.44. The van der Waals surface area contributed by atoms with Gasteiger partial charge in [0.15, 0.2) is 17.5 Å². The van der Waals surface area contributed by atoms with Gasteiger partial charge in [0.2, 0.25) is 0 Å². The van der Waals surface area contributed by atoms with Crippen molar-refractivity contribution in [2.45, 2.75) is 0 Å². The number of rotatable bonds is 5. The van der Waals surface area contributed by atoms with Crippen molar-refractivity contribution in [3.63, 3.8) is 0 Å². The molecule has 0 fully saturated rings. The van der Waals surface area contributed by atoms with E-state index in [0.717, 1.165) is 82.6 Å². The molecule has 13 aromatic rings. The summed E-state index contributed by atoms with van der Waals surface area (Å²) in [5.41, 5.74) is 9.76. The Labute approximate surface area is 355 Å². The Kier molecular flexibility index (Phi) is 7.54. The molecule has 13 rings (SSSR count). The Hall–Kier alpha value is -8.41. The van der Waals surface area contributed by atoms with Gasteiger partial charge in [-0.3, -0.25) is 0 Å². The van der Waals surface area contributed by atoms with E-state index in [0.29, 0.717) is 17.5 Å². The smallest absolute Gasteiger partial charge is 0.166 e. The van der Waals surface area contributed by atoms with Crippen molar-refractivity contribution in [2.24, 2.45) is 0 Å². The van der Waals surface area contributed by atoms with Gasteiger partial charge in [-0.25, -0.2) is 15.0 Å². The van der Waals surface area contributed by atoms with Gasteiger partial charge in [-0.2, -0.15) is 0 Å². The van der Waals surface area contributed by atoms with E-state index < -0.39 is 0 Å². The zero-order valence-corrected chi connectivity index (χ0v) is 33.3. The van der Waals surface area contributed by atoms with E-state index >= 15 is 0 Å². The molecule has 62 heavy (non-hydrogen) atoms. The Morgan fingerprint density at radius 2 is 0.871 bits per heavy atom. The number of furan rings is 1. The maximum Gasteiger partial charge on any atom is 0.166 e. The van der Waals surface area contributed by atoms with Crippen molar-refractivity contribution < 1.29 is 4.42 Å². The summed E-state index contributed by atoms with van der Waals surface area (Å²) in [4.78, 5) is 15.9. The third-order valence-corrected chi connectivity index (χ3v) is 12.4. The Morgan fingerprint density at radius 3 is 1.61 bits per heavy atom. The van der Waals surface area contributed by atoms with Crippen LogP contribution in [0.3, 0.4) is 0 Å². The number of hydrogen-bond donors (Lipinski definition) is 0. The van der Waals surface area contributed by atoms with Crippen LogP contribution in [0.1, 0.15) is 0 Å². The molecule has 3 heterocycles. The first-order valence-electron chi connectivity index (χ1n) is 20.9. The number of aromatic nitrogens is 4. The first-order chi connectivity index (χ1) is 30.8. The SMILES string of the molecule is c1ccc(-c2nc(-c3ccc4c5ccccc5c5ccccc5c4c3)nc(-c3ccccc3-n3c4ccccc4c4ccc5oc6c(-c7ccccc7)cccc6c5c43)n2)cc1. The lowest BCUT2D eigenvalue weighted by Gasteiger charge is -2.15. The third-order valence-electron chi connectivity index (χ3n) is 12.4. The summed E-state index contributed by atoms with van der Waals surface area (Å²) in [6.45, 7) is 0. The lowest BCUT2D eigenvalue weighted by Crippen LogP contribution is -2.03. The van der Waals surface area contributed by atoms with Crippen molar-refractivity contribution in [3.05, 3.63) is 206 Å². The van der Waals surface area contributed by atoms with E-state index in [1.807, 2.05) is 24.3 Å².